The van der Waals surface area contributed by atoms with Gasteiger partial charge in [-0.2, -0.15) is 0 Å². The van der Waals surface area contributed by atoms with Crippen molar-refractivity contribution in [3.63, 3.8) is 0 Å². The van der Waals surface area contributed by atoms with Crippen LogP contribution in [0.4, 0.5) is 11.4 Å². The fourth-order valence-corrected chi connectivity index (χ4v) is 2.18. The van der Waals surface area contributed by atoms with E-state index in [9.17, 15) is 10.1 Å². The highest BCUT2D eigenvalue weighted by atomic mass is 79.9. The van der Waals surface area contributed by atoms with Crippen molar-refractivity contribution < 1.29 is 9.66 Å². The quantitative estimate of drug-likeness (QED) is 0.336. The van der Waals surface area contributed by atoms with E-state index in [2.05, 4.69) is 20.8 Å². The Morgan fingerprint density at radius 3 is 2.78 bits per heavy atom. The summed E-state index contributed by atoms with van der Waals surface area (Å²) in [5, 5.41) is 11.3. The fraction of sp³-hybridized carbons (Fsp3) is 0.500. The van der Waals surface area contributed by atoms with Gasteiger partial charge in [-0.1, -0.05) is 15.9 Å². The first-order chi connectivity index (χ1) is 8.60. The lowest BCUT2D eigenvalue weighted by atomic mass is 10.1. The van der Waals surface area contributed by atoms with Gasteiger partial charge in [0, 0.05) is 50.5 Å². The van der Waals surface area contributed by atoms with Gasteiger partial charge in [0.05, 0.1) is 4.92 Å². The van der Waals surface area contributed by atoms with Crippen LogP contribution in [0.2, 0.25) is 0 Å². The molecule has 18 heavy (non-hydrogen) atoms. The Hall–Kier alpha value is -1.14. The molecule has 0 radical (unpaired) electrons. The third-order valence-electron chi connectivity index (χ3n) is 2.67. The molecule has 0 aliphatic carbocycles. The highest BCUT2D eigenvalue weighted by molar-refractivity contribution is 9.08. The maximum absolute atomic E-state index is 10.7. The van der Waals surface area contributed by atoms with E-state index in [0.29, 0.717) is 11.9 Å². The summed E-state index contributed by atoms with van der Waals surface area (Å²) >= 11 is 3.37. The molecule has 0 saturated heterocycles. The first-order valence-electron chi connectivity index (χ1n) is 5.63. The Balaban J connectivity index is 2.84. The summed E-state index contributed by atoms with van der Waals surface area (Å²) in [4.78, 5) is 12.4. The topological polar surface area (TPSA) is 55.6 Å². The molecule has 0 spiro atoms. The summed E-state index contributed by atoms with van der Waals surface area (Å²) < 4.78 is 5.01. The van der Waals surface area contributed by atoms with Crippen molar-refractivity contribution in [2.45, 2.75) is 11.8 Å². The van der Waals surface area contributed by atoms with Gasteiger partial charge >= 0.3 is 0 Å². The lowest BCUT2D eigenvalue weighted by molar-refractivity contribution is -0.384. The van der Waals surface area contributed by atoms with Crippen LogP contribution in [-0.4, -0.2) is 32.2 Å². The lowest BCUT2D eigenvalue weighted by Gasteiger charge is -2.21. The molecule has 100 valence electrons. The summed E-state index contributed by atoms with van der Waals surface area (Å²) in [5.41, 5.74) is 2.05. The molecule has 6 heteroatoms. The number of nitrogens with zero attached hydrogens (tertiary/aromatic N) is 2. The zero-order valence-corrected chi connectivity index (χ0v) is 12.1. The number of anilines is 1. The van der Waals surface area contributed by atoms with Crippen LogP contribution in [0, 0.1) is 10.1 Å². The fourth-order valence-electron chi connectivity index (χ4n) is 1.73. The number of methoxy groups -OCH3 is 1. The number of nitro groups is 1. The monoisotopic (exact) mass is 316 g/mol. The molecule has 0 atom stereocenters. The van der Waals surface area contributed by atoms with Crippen molar-refractivity contribution in [3.05, 3.63) is 33.9 Å². The molecule has 1 aromatic rings. The molecular formula is C12H17BrN2O3. The van der Waals surface area contributed by atoms with E-state index in [0.717, 1.165) is 24.2 Å². The maximum Gasteiger partial charge on any atom is 0.269 e. The number of halogens is 1. The van der Waals surface area contributed by atoms with Crippen LogP contribution in [0.3, 0.4) is 0 Å². The van der Waals surface area contributed by atoms with Crippen LogP contribution in [0.5, 0.6) is 0 Å². The number of hydrogen-bond donors (Lipinski definition) is 0. The molecule has 0 aromatic heterocycles. The van der Waals surface area contributed by atoms with Gasteiger partial charge in [0.2, 0.25) is 0 Å². The van der Waals surface area contributed by atoms with Crippen molar-refractivity contribution in [1.29, 1.82) is 0 Å². The number of non-ortho nitro benzene ring substituents is 1. The second-order valence-electron chi connectivity index (χ2n) is 3.97. The molecule has 0 aliphatic rings. The minimum atomic E-state index is -0.374. The van der Waals surface area contributed by atoms with Crippen molar-refractivity contribution in [1.82, 2.24) is 0 Å². The predicted molar refractivity (Wildman–Crippen MR) is 75.5 cm³/mol. The zero-order valence-electron chi connectivity index (χ0n) is 10.6. The van der Waals surface area contributed by atoms with E-state index in [-0.39, 0.29) is 10.6 Å². The molecule has 0 heterocycles. The van der Waals surface area contributed by atoms with Gasteiger partial charge in [-0.15, -0.1) is 0 Å². The van der Waals surface area contributed by atoms with Gasteiger partial charge in [-0.05, 0) is 18.1 Å². The van der Waals surface area contributed by atoms with Gasteiger partial charge in [0.25, 0.3) is 5.69 Å². The lowest BCUT2D eigenvalue weighted by Crippen LogP contribution is -2.20. The summed E-state index contributed by atoms with van der Waals surface area (Å²) in [6.45, 7) is 1.56. The van der Waals surface area contributed by atoms with E-state index in [1.54, 1.807) is 19.2 Å². The first-order valence-corrected chi connectivity index (χ1v) is 6.75. The largest absolute Gasteiger partial charge is 0.385 e. The molecule has 0 saturated carbocycles. The Labute approximate surface area is 115 Å². The molecule has 0 bridgehead atoms. The second kappa shape index (κ2) is 7.33. The summed E-state index contributed by atoms with van der Waals surface area (Å²) in [6.07, 6.45) is 0.922. The molecule has 0 amide bonds. The average Bonchev–Trinajstić information content (AvgIpc) is 2.38. The van der Waals surface area contributed by atoms with Crippen molar-refractivity contribution in [3.8, 4) is 0 Å². The molecule has 1 aromatic carbocycles. The normalized spacial score (nSPS) is 10.4. The number of hydrogen-bond acceptors (Lipinski definition) is 4. The minimum absolute atomic E-state index is 0.124. The predicted octanol–water partition coefficient (Wildman–Crippen LogP) is 2.96. The van der Waals surface area contributed by atoms with Crippen LogP contribution in [0.15, 0.2) is 18.2 Å². The van der Waals surface area contributed by atoms with Crippen LogP contribution >= 0.6 is 15.9 Å². The van der Waals surface area contributed by atoms with Crippen molar-refractivity contribution in [2.24, 2.45) is 0 Å². The van der Waals surface area contributed by atoms with E-state index in [1.165, 1.54) is 6.07 Å². The molecule has 0 aliphatic heterocycles. The van der Waals surface area contributed by atoms with Crippen LogP contribution in [0.25, 0.3) is 0 Å². The number of benzene rings is 1. The standard InChI is InChI=1S/C12H17BrN2O3/c1-14(6-3-7-18-2)12-5-4-11(15(16)17)8-10(12)9-13/h4-5,8H,3,6-7,9H2,1-2H3. The first kappa shape index (κ1) is 14.9. The zero-order chi connectivity index (χ0) is 13.5. The second-order valence-corrected chi connectivity index (χ2v) is 4.53. The Morgan fingerprint density at radius 2 is 2.22 bits per heavy atom. The highest BCUT2D eigenvalue weighted by Crippen LogP contribution is 2.26. The Bertz CT molecular complexity index is 412. The maximum atomic E-state index is 10.7. The van der Waals surface area contributed by atoms with Crippen LogP contribution in [0.1, 0.15) is 12.0 Å². The summed E-state index contributed by atoms with van der Waals surface area (Å²) in [5.74, 6) is 0. The van der Waals surface area contributed by atoms with E-state index in [1.807, 2.05) is 7.05 Å². The minimum Gasteiger partial charge on any atom is -0.385 e. The summed E-state index contributed by atoms with van der Waals surface area (Å²) in [7, 11) is 3.65. The van der Waals surface area contributed by atoms with Gasteiger partial charge in [0.1, 0.15) is 0 Å². The van der Waals surface area contributed by atoms with Gasteiger partial charge in [-0.3, -0.25) is 10.1 Å². The van der Waals surface area contributed by atoms with Gasteiger partial charge in [0.15, 0.2) is 0 Å². The smallest absolute Gasteiger partial charge is 0.269 e. The van der Waals surface area contributed by atoms with Crippen molar-refractivity contribution >= 4 is 27.3 Å². The number of ether oxygens (including phenoxy) is 1. The SMILES string of the molecule is COCCCN(C)c1ccc([N+](=O)[O-])cc1CBr. The van der Waals surface area contributed by atoms with E-state index in [4.69, 9.17) is 4.74 Å². The molecular weight excluding hydrogens is 300 g/mol. The molecule has 0 N–H and O–H groups in total. The highest BCUT2D eigenvalue weighted by Gasteiger charge is 2.12. The third kappa shape index (κ3) is 3.96. The van der Waals surface area contributed by atoms with Crippen molar-refractivity contribution in [2.75, 3.05) is 32.2 Å². The average molecular weight is 317 g/mol. The number of rotatable bonds is 7. The molecule has 0 unspecified atom stereocenters. The van der Waals surface area contributed by atoms with E-state index < -0.39 is 0 Å². The Morgan fingerprint density at radius 1 is 1.50 bits per heavy atom. The van der Waals surface area contributed by atoms with Crippen LogP contribution in [-0.2, 0) is 10.1 Å². The number of nitro benzene ring substituents is 1. The van der Waals surface area contributed by atoms with E-state index >= 15 is 0 Å². The van der Waals surface area contributed by atoms with Gasteiger partial charge in [-0.25, -0.2) is 0 Å². The molecule has 5 nitrogen and oxygen atoms in total. The molecule has 1 rings (SSSR count). The Kier molecular flexibility index (Phi) is 6.07. The number of alkyl halides is 1. The molecule has 0 fully saturated rings. The summed E-state index contributed by atoms with van der Waals surface area (Å²) in [6, 6.07) is 4.94. The van der Waals surface area contributed by atoms with Crippen LogP contribution < -0.4 is 4.90 Å². The van der Waals surface area contributed by atoms with Gasteiger partial charge < -0.3 is 9.64 Å². The third-order valence-corrected chi connectivity index (χ3v) is 3.28.